The standard InChI is InChI=1S/C26H20ClF3N2O3S/c1-2-34-22-13-17(9-12-21(22)35-15-16-7-10-18(27)11-8-16)14-23-24(33)32-25(36-23)31-20-6-4-3-5-19(20)26(28,29)30/h3-14H,2,15H2,1H3,(H,31,32,33). The molecule has 10 heteroatoms. The lowest BCUT2D eigenvalue weighted by Gasteiger charge is -2.13. The number of hydrogen-bond acceptors (Lipinski definition) is 5. The van der Waals surface area contributed by atoms with Crippen LogP contribution in [0.2, 0.25) is 5.02 Å². The zero-order valence-corrected chi connectivity index (χ0v) is 20.5. The van der Waals surface area contributed by atoms with Gasteiger partial charge in [0.25, 0.3) is 5.91 Å². The van der Waals surface area contributed by atoms with Crippen LogP contribution in [0.5, 0.6) is 11.5 Å². The van der Waals surface area contributed by atoms with E-state index in [0.29, 0.717) is 35.3 Å². The van der Waals surface area contributed by atoms with Gasteiger partial charge in [0.15, 0.2) is 16.7 Å². The van der Waals surface area contributed by atoms with Gasteiger partial charge in [-0.05, 0) is 72.3 Å². The van der Waals surface area contributed by atoms with Crippen LogP contribution >= 0.6 is 23.4 Å². The predicted molar refractivity (Wildman–Crippen MR) is 136 cm³/mol. The molecule has 4 rings (SSSR count). The number of hydrogen-bond donors (Lipinski definition) is 1. The van der Waals surface area contributed by atoms with Crippen LogP contribution in [0.3, 0.4) is 0 Å². The van der Waals surface area contributed by atoms with E-state index in [-0.39, 0.29) is 15.8 Å². The van der Waals surface area contributed by atoms with E-state index in [0.717, 1.165) is 23.4 Å². The number of benzene rings is 3. The molecule has 0 saturated carbocycles. The number of para-hydroxylation sites is 1. The number of thioether (sulfide) groups is 1. The number of nitrogens with one attached hydrogen (secondary N) is 1. The second-order valence-electron chi connectivity index (χ2n) is 7.55. The van der Waals surface area contributed by atoms with E-state index < -0.39 is 17.6 Å². The summed E-state index contributed by atoms with van der Waals surface area (Å²) in [6, 6.07) is 17.5. The van der Waals surface area contributed by atoms with Crippen molar-refractivity contribution >= 4 is 46.2 Å². The Balaban J connectivity index is 1.53. The van der Waals surface area contributed by atoms with Crippen molar-refractivity contribution < 1.29 is 27.4 Å². The number of ether oxygens (including phenoxy) is 2. The summed E-state index contributed by atoms with van der Waals surface area (Å²) < 4.78 is 51.4. The molecule has 1 fully saturated rings. The smallest absolute Gasteiger partial charge is 0.418 e. The zero-order chi connectivity index (χ0) is 25.7. The Morgan fingerprint density at radius 2 is 1.78 bits per heavy atom. The molecular weight excluding hydrogens is 513 g/mol. The van der Waals surface area contributed by atoms with E-state index in [1.54, 1.807) is 36.4 Å². The van der Waals surface area contributed by atoms with Crippen LogP contribution < -0.4 is 14.8 Å². The van der Waals surface area contributed by atoms with Gasteiger partial charge in [0.05, 0.1) is 22.8 Å². The van der Waals surface area contributed by atoms with E-state index >= 15 is 0 Å². The van der Waals surface area contributed by atoms with Gasteiger partial charge in [-0.25, -0.2) is 4.99 Å². The lowest BCUT2D eigenvalue weighted by Crippen LogP contribution is -2.19. The highest BCUT2D eigenvalue weighted by molar-refractivity contribution is 8.18. The van der Waals surface area contributed by atoms with Gasteiger partial charge in [-0.2, -0.15) is 13.2 Å². The van der Waals surface area contributed by atoms with E-state index in [1.807, 2.05) is 19.1 Å². The Hall–Kier alpha value is -3.43. The number of halogens is 4. The minimum atomic E-state index is -4.56. The van der Waals surface area contributed by atoms with Crippen molar-refractivity contribution in [3.63, 3.8) is 0 Å². The topological polar surface area (TPSA) is 59.9 Å². The fourth-order valence-corrected chi connectivity index (χ4v) is 4.26. The molecule has 5 nitrogen and oxygen atoms in total. The second kappa shape index (κ2) is 11.1. The second-order valence-corrected chi connectivity index (χ2v) is 9.02. The highest BCUT2D eigenvalue weighted by Crippen LogP contribution is 2.38. The lowest BCUT2D eigenvalue weighted by atomic mass is 10.2. The van der Waals surface area contributed by atoms with E-state index in [9.17, 15) is 18.0 Å². The van der Waals surface area contributed by atoms with E-state index in [1.165, 1.54) is 18.2 Å². The maximum absolute atomic E-state index is 13.3. The van der Waals surface area contributed by atoms with Crippen LogP contribution in [0.4, 0.5) is 18.9 Å². The maximum Gasteiger partial charge on any atom is 0.418 e. The molecule has 3 aromatic carbocycles. The first-order valence-corrected chi connectivity index (χ1v) is 12.0. The summed E-state index contributed by atoms with van der Waals surface area (Å²) in [7, 11) is 0. The minimum absolute atomic E-state index is 0.0656. The van der Waals surface area contributed by atoms with Crippen LogP contribution in [0.1, 0.15) is 23.6 Å². The van der Waals surface area contributed by atoms with Gasteiger partial charge in [0.2, 0.25) is 0 Å². The van der Waals surface area contributed by atoms with Crippen molar-refractivity contribution in [1.82, 2.24) is 5.32 Å². The number of amides is 1. The molecule has 0 bridgehead atoms. The summed E-state index contributed by atoms with van der Waals surface area (Å²) in [4.78, 5) is 16.8. The van der Waals surface area contributed by atoms with Crippen LogP contribution in [-0.4, -0.2) is 17.7 Å². The van der Waals surface area contributed by atoms with Gasteiger partial charge >= 0.3 is 6.18 Å². The van der Waals surface area contributed by atoms with E-state index in [4.69, 9.17) is 21.1 Å². The monoisotopic (exact) mass is 532 g/mol. The lowest BCUT2D eigenvalue weighted by molar-refractivity contribution is -0.137. The molecule has 0 radical (unpaired) electrons. The Labute approximate surface area is 215 Å². The number of nitrogens with zero attached hydrogens (tertiary/aromatic N) is 1. The van der Waals surface area contributed by atoms with Gasteiger partial charge < -0.3 is 14.8 Å². The van der Waals surface area contributed by atoms with Crippen molar-refractivity contribution in [3.05, 3.63) is 93.3 Å². The maximum atomic E-state index is 13.3. The molecule has 1 amide bonds. The number of rotatable bonds is 7. The first-order valence-electron chi connectivity index (χ1n) is 10.8. The molecule has 1 aliphatic heterocycles. The fourth-order valence-electron chi connectivity index (χ4n) is 3.30. The molecule has 1 N–H and O–H groups in total. The zero-order valence-electron chi connectivity index (χ0n) is 18.9. The molecule has 1 saturated heterocycles. The molecule has 0 atom stereocenters. The molecule has 1 heterocycles. The van der Waals surface area contributed by atoms with Crippen molar-refractivity contribution in [2.75, 3.05) is 6.61 Å². The molecule has 186 valence electrons. The molecule has 36 heavy (non-hydrogen) atoms. The van der Waals surface area contributed by atoms with Crippen molar-refractivity contribution in [3.8, 4) is 11.5 Å². The van der Waals surface area contributed by atoms with Crippen molar-refractivity contribution in [1.29, 1.82) is 0 Å². The van der Waals surface area contributed by atoms with Crippen LogP contribution in [-0.2, 0) is 17.6 Å². The van der Waals surface area contributed by atoms with Gasteiger partial charge in [0.1, 0.15) is 6.61 Å². The summed E-state index contributed by atoms with van der Waals surface area (Å²) in [5, 5.41) is 3.22. The number of amidine groups is 1. The number of aliphatic imine (C=N–C) groups is 1. The highest BCUT2D eigenvalue weighted by Gasteiger charge is 2.34. The van der Waals surface area contributed by atoms with Gasteiger partial charge in [-0.3, -0.25) is 4.79 Å². The third-order valence-electron chi connectivity index (χ3n) is 4.96. The molecule has 0 spiro atoms. The number of carbonyl (C=O) groups is 1. The SMILES string of the molecule is CCOc1cc(C=C2SC(=Nc3ccccc3C(F)(F)F)NC2=O)ccc1OCc1ccc(Cl)cc1. The van der Waals surface area contributed by atoms with Crippen LogP contribution in [0.25, 0.3) is 6.08 Å². The summed E-state index contributed by atoms with van der Waals surface area (Å²) >= 11 is 6.88. The van der Waals surface area contributed by atoms with Gasteiger partial charge in [0, 0.05) is 5.02 Å². The third kappa shape index (κ3) is 6.41. The van der Waals surface area contributed by atoms with Gasteiger partial charge in [-0.1, -0.05) is 41.9 Å². The molecule has 0 aromatic heterocycles. The Morgan fingerprint density at radius 1 is 1.03 bits per heavy atom. The average Bonchev–Trinajstić information content (AvgIpc) is 3.17. The summed E-state index contributed by atoms with van der Waals surface area (Å²) in [6.45, 7) is 2.56. The van der Waals surface area contributed by atoms with Crippen molar-refractivity contribution in [2.45, 2.75) is 19.7 Å². The van der Waals surface area contributed by atoms with Gasteiger partial charge in [-0.15, -0.1) is 0 Å². The Kier molecular flexibility index (Phi) is 7.91. The average molecular weight is 533 g/mol. The molecule has 0 aliphatic carbocycles. The summed E-state index contributed by atoms with van der Waals surface area (Å²) in [6.07, 6.45) is -2.94. The quantitative estimate of drug-likeness (QED) is 0.326. The largest absolute Gasteiger partial charge is 0.490 e. The normalized spacial score (nSPS) is 15.9. The van der Waals surface area contributed by atoms with E-state index in [2.05, 4.69) is 10.3 Å². The fraction of sp³-hybridized carbons (Fsp3) is 0.154. The number of carbonyl (C=O) groups excluding carboxylic acids is 1. The Bertz CT molecular complexity index is 1320. The van der Waals surface area contributed by atoms with Crippen molar-refractivity contribution in [2.24, 2.45) is 4.99 Å². The summed E-state index contributed by atoms with van der Waals surface area (Å²) in [5.74, 6) is 0.574. The van der Waals surface area contributed by atoms with Crippen LogP contribution in [0.15, 0.2) is 76.6 Å². The predicted octanol–water partition coefficient (Wildman–Crippen LogP) is 7.23. The summed E-state index contributed by atoms with van der Waals surface area (Å²) in [5.41, 5.74) is 0.452. The molecular formula is C26H20ClF3N2O3S. The third-order valence-corrected chi connectivity index (χ3v) is 6.12. The molecule has 1 aliphatic rings. The van der Waals surface area contributed by atoms with Crippen LogP contribution in [0, 0.1) is 0 Å². The Morgan fingerprint density at radius 3 is 2.50 bits per heavy atom. The molecule has 0 unspecified atom stereocenters. The number of alkyl halides is 3. The minimum Gasteiger partial charge on any atom is -0.490 e. The first kappa shape index (κ1) is 25.7. The molecule has 3 aromatic rings. The first-order chi connectivity index (χ1) is 17.2. The highest BCUT2D eigenvalue weighted by atomic mass is 35.5.